The van der Waals surface area contributed by atoms with E-state index >= 15 is 0 Å². The van der Waals surface area contributed by atoms with Gasteiger partial charge in [-0.1, -0.05) is 23.2 Å². The molecule has 0 bridgehead atoms. The van der Waals surface area contributed by atoms with E-state index in [9.17, 15) is 5.26 Å². The zero-order chi connectivity index (χ0) is 18.8. The SMILES string of the molecule is CN(C)c1nc(N)nc(/C(C#N)=C\C2=Cc3cc(Cl)cc(Cl)c3OC2)n1. The first-order valence-electron chi connectivity index (χ1n) is 7.51. The molecule has 0 amide bonds. The number of nitriles is 1. The van der Waals surface area contributed by atoms with E-state index in [0.29, 0.717) is 21.7 Å². The van der Waals surface area contributed by atoms with Crippen LogP contribution in [0, 0.1) is 11.3 Å². The molecular formula is C17H14Cl2N6O. The smallest absolute Gasteiger partial charge is 0.230 e. The minimum atomic E-state index is 0.0395. The topological polar surface area (TPSA) is 101 Å². The molecule has 2 heterocycles. The second-order valence-electron chi connectivity index (χ2n) is 5.70. The molecule has 26 heavy (non-hydrogen) atoms. The average Bonchev–Trinajstić information content (AvgIpc) is 2.58. The van der Waals surface area contributed by atoms with Crippen molar-refractivity contribution in [2.45, 2.75) is 0 Å². The molecular weight excluding hydrogens is 375 g/mol. The van der Waals surface area contributed by atoms with Crippen molar-refractivity contribution < 1.29 is 4.74 Å². The number of allylic oxidation sites excluding steroid dienone is 1. The van der Waals surface area contributed by atoms with Crippen molar-refractivity contribution in [1.82, 2.24) is 15.0 Å². The van der Waals surface area contributed by atoms with Gasteiger partial charge >= 0.3 is 0 Å². The van der Waals surface area contributed by atoms with Crippen LogP contribution in [0.1, 0.15) is 11.4 Å². The molecule has 0 spiro atoms. The molecule has 7 nitrogen and oxygen atoms in total. The summed E-state index contributed by atoms with van der Waals surface area (Å²) >= 11 is 12.2. The lowest BCUT2D eigenvalue weighted by atomic mass is 10.0. The Hall–Kier alpha value is -2.82. The maximum Gasteiger partial charge on any atom is 0.230 e. The van der Waals surface area contributed by atoms with Crippen LogP contribution in [0.25, 0.3) is 11.6 Å². The number of anilines is 2. The van der Waals surface area contributed by atoms with Crippen LogP contribution in [0.2, 0.25) is 10.0 Å². The molecule has 0 unspecified atom stereocenters. The largest absolute Gasteiger partial charge is 0.487 e. The van der Waals surface area contributed by atoms with Gasteiger partial charge in [-0.3, -0.25) is 0 Å². The number of ether oxygens (including phenoxy) is 1. The fourth-order valence-electron chi connectivity index (χ4n) is 2.35. The number of fused-ring (bicyclic) bond motifs is 1. The lowest BCUT2D eigenvalue weighted by Gasteiger charge is -2.18. The highest BCUT2D eigenvalue weighted by Gasteiger charge is 2.17. The van der Waals surface area contributed by atoms with Crippen molar-refractivity contribution in [1.29, 1.82) is 5.26 Å². The van der Waals surface area contributed by atoms with Crippen molar-refractivity contribution in [3.63, 3.8) is 0 Å². The molecule has 1 aliphatic heterocycles. The summed E-state index contributed by atoms with van der Waals surface area (Å²) in [5.74, 6) is 1.16. The Morgan fingerprint density at radius 3 is 2.77 bits per heavy atom. The molecule has 2 aromatic rings. The van der Waals surface area contributed by atoms with Crippen LogP contribution < -0.4 is 15.4 Å². The fourth-order valence-corrected chi connectivity index (χ4v) is 2.92. The van der Waals surface area contributed by atoms with Crippen molar-refractivity contribution in [2.24, 2.45) is 0 Å². The number of halogens is 2. The Morgan fingerprint density at radius 2 is 2.08 bits per heavy atom. The van der Waals surface area contributed by atoms with Crippen molar-refractivity contribution in [2.75, 3.05) is 31.3 Å². The molecule has 9 heteroatoms. The number of nitrogen functional groups attached to an aromatic ring is 1. The van der Waals surface area contributed by atoms with Crippen LogP contribution >= 0.6 is 23.2 Å². The third kappa shape index (κ3) is 3.72. The predicted molar refractivity (Wildman–Crippen MR) is 102 cm³/mol. The Morgan fingerprint density at radius 1 is 1.31 bits per heavy atom. The van der Waals surface area contributed by atoms with Crippen LogP contribution in [0.15, 0.2) is 23.8 Å². The highest BCUT2D eigenvalue weighted by atomic mass is 35.5. The van der Waals surface area contributed by atoms with E-state index in [1.165, 1.54) is 0 Å². The summed E-state index contributed by atoms with van der Waals surface area (Å²) < 4.78 is 5.69. The summed E-state index contributed by atoms with van der Waals surface area (Å²) in [6.45, 7) is 0.251. The maximum absolute atomic E-state index is 9.53. The highest BCUT2D eigenvalue weighted by Crippen LogP contribution is 2.37. The average molecular weight is 389 g/mol. The van der Waals surface area contributed by atoms with E-state index < -0.39 is 0 Å². The fraction of sp³-hybridized carbons (Fsp3) is 0.176. The third-order valence-corrected chi connectivity index (χ3v) is 3.99. The van der Waals surface area contributed by atoms with Gasteiger partial charge in [0.2, 0.25) is 11.9 Å². The Balaban J connectivity index is 2.03. The normalized spacial score (nSPS) is 13.3. The van der Waals surface area contributed by atoms with Crippen LogP contribution in [0.4, 0.5) is 11.9 Å². The number of rotatable bonds is 3. The lowest BCUT2D eigenvalue weighted by Crippen LogP contribution is -2.16. The van der Waals surface area contributed by atoms with Gasteiger partial charge in [0.1, 0.15) is 18.4 Å². The summed E-state index contributed by atoms with van der Waals surface area (Å²) in [6, 6.07) is 5.45. The molecule has 0 atom stereocenters. The summed E-state index contributed by atoms with van der Waals surface area (Å²) in [7, 11) is 3.55. The predicted octanol–water partition coefficient (Wildman–Crippen LogP) is 3.21. The van der Waals surface area contributed by atoms with E-state index in [2.05, 4.69) is 21.0 Å². The minimum Gasteiger partial charge on any atom is -0.487 e. The van der Waals surface area contributed by atoms with E-state index in [0.717, 1.165) is 11.1 Å². The van der Waals surface area contributed by atoms with E-state index in [1.807, 2.05) is 6.08 Å². The Bertz CT molecular complexity index is 978. The number of nitrogens with two attached hydrogens (primary N) is 1. The summed E-state index contributed by atoms with van der Waals surface area (Å²) in [5.41, 5.74) is 7.45. The number of hydrogen-bond acceptors (Lipinski definition) is 7. The zero-order valence-corrected chi connectivity index (χ0v) is 15.5. The lowest BCUT2D eigenvalue weighted by molar-refractivity contribution is 0.351. The van der Waals surface area contributed by atoms with Gasteiger partial charge in [-0.25, -0.2) is 0 Å². The first-order valence-corrected chi connectivity index (χ1v) is 8.26. The molecule has 0 saturated carbocycles. The minimum absolute atomic E-state index is 0.0395. The van der Waals surface area contributed by atoms with Crippen molar-refractivity contribution >= 4 is 46.7 Å². The molecule has 1 aromatic heterocycles. The van der Waals surface area contributed by atoms with Crippen molar-refractivity contribution in [3.8, 4) is 11.8 Å². The molecule has 0 saturated heterocycles. The van der Waals surface area contributed by atoms with Gasteiger partial charge in [-0.2, -0.15) is 20.2 Å². The van der Waals surface area contributed by atoms with Gasteiger partial charge in [-0.15, -0.1) is 0 Å². The van der Waals surface area contributed by atoms with Gasteiger partial charge in [-0.05, 0) is 29.9 Å². The number of benzene rings is 1. The van der Waals surface area contributed by atoms with Crippen molar-refractivity contribution in [3.05, 3.63) is 45.2 Å². The second-order valence-corrected chi connectivity index (χ2v) is 6.54. The Kier molecular flexibility index (Phi) is 4.98. The van der Waals surface area contributed by atoms with Crippen LogP contribution in [0.3, 0.4) is 0 Å². The molecule has 132 valence electrons. The van der Waals surface area contributed by atoms with Gasteiger partial charge in [0.15, 0.2) is 5.82 Å². The molecule has 2 N–H and O–H groups in total. The third-order valence-electron chi connectivity index (χ3n) is 3.49. The van der Waals surface area contributed by atoms with Gasteiger partial charge in [0, 0.05) is 24.7 Å². The van der Waals surface area contributed by atoms with E-state index in [4.69, 9.17) is 33.7 Å². The molecule has 1 aromatic carbocycles. The number of hydrogen-bond donors (Lipinski definition) is 1. The maximum atomic E-state index is 9.53. The molecule has 0 radical (unpaired) electrons. The summed E-state index contributed by atoms with van der Waals surface area (Å²) in [6.07, 6.45) is 3.50. The van der Waals surface area contributed by atoms with Gasteiger partial charge in [0.25, 0.3) is 0 Å². The highest BCUT2D eigenvalue weighted by molar-refractivity contribution is 6.36. The van der Waals surface area contributed by atoms with E-state index in [-0.39, 0.29) is 24.0 Å². The quantitative estimate of drug-likeness (QED) is 0.805. The van der Waals surface area contributed by atoms with Gasteiger partial charge < -0.3 is 15.4 Å². The Labute approximate surface area is 160 Å². The molecule has 3 rings (SSSR count). The second kappa shape index (κ2) is 7.20. The molecule has 0 aliphatic carbocycles. The molecule has 1 aliphatic rings. The summed E-state index contributed by atoms with van der Waals surface area (Å²) in [4.78, 5) is 14.0. The first-order chi connectivity index (χ1) is 12.4. The zero-order valence-electron chi connectivity index (χ0n) is 14.0. The van der Waals surface area contributed by atoms with Crippen LogP contribution in [-0.4, -0.2) is 35.7 Å². The monoisotopic (exact) mass is 388 g/mol. The van der Waals surface area contributed by atoms with E-state index in [1.54, 1.807) is 37.2 Å². The molecule has 0 fully saturated rings. The van der Waals surface area contributed by atoms with Crippen LogP contribution in [0.5, 0.6) is 5.75 Å². The number of aromatic nitrogens is 3. The first kappa shape index (κ1) is 18.0. The standard InChI is InChI=1S/C17H14Cl2N6O/c1-25(2)17-23-15(22-16(21)24-17)11(7-20)4-9-3-10-5-12(18)6-13(19)14(10)26-8-9/h3-6H,8H2,1-2H3,(H2,21,22,23,24)/b11-4-. The van der Waals surface area contributed by atoms with Gasteiger partial charge in [0.05, 0.1) is 10.6 Å². The van der Waals surface area contributed by atoms with Crippen LogP contribution in [-0.2, 0) is 0 Å². The number of nitrogens with zero attached hydrogens (tertiary/aromatic N) is 5. The summed E-state index contributed by atoms with van der Waals surface area (Å²) in [5, 5.41) is 10.5.